The molecule has 1 aliphatic carbocycles. The van der Waals surface area contributed by atoms with Crippen LogP contribution in [0.3, 0.4) is 0 Å². The van der Waals surface area contributed by atoms with Gasteiger partial charge >= 0.3 is 0 Å². The van der Waals surface area contributed by atoms with Gasteiger partial charge in [0.2, 0.25) is 0 Å². The fourth-order valence-corrected chi connectivity index (χ4v) is 4.20. The number of rotatable bonds is 4. The molecule has 1 fully saturated rings. The molecule has 0 bridgehead atoms. The summed E-state index contributed by atoms with van der Waals surface area (Å²) in [7, 11) is -3.23. The van der Waals surface area contributed by atoms with E-state index in [1.165, 1.54) is 6.07 Å². The second-order valence-corrected chi connectivity index (χ2v) is 7.47. The maximum Gasteiger partial charge on any atom is 0.178 e. The first-order chi connectivity index (χ1) is 8.49. The molecule has 0 aliphatic heterocycles. The van der Waals surface area contributed by atoms with Gasteiger partial charge in [-0.25, -0.2) is 8.42 Å². The minimum atomic E-state index is -3.23. The van der Waals surface area contributed by atoms with Gasteiger partial charge < -0.3 is 5.73 Å². The van der Waals surface area contributed by atoms with Crippen molar-refractivity contribution in [3.8, 4) is 0 Å². The van der Waals surface area contributed by atoms with Crippen molar-refractivity contribution in [1.29, 1.82) is 0 Å². The number of sulfone groups is 1. The van der Waals surface area contributed by atoms with Crippen LogP contribution in [0.5, 0.6) is 0 Å². The van der Waals surface area contributed by atoms with Gasteiger partial charge in [0.25, 0.3) is 0 Å². The van der Waals surface area contributed by atoms with Gasteiger partial charge in [0.05, 0.1) is 10.6 Å². The summed E-state index contributed by atoms with van der Waals surface area (Å²) in [5, 5.41) is 0.452. The number of hydrogen-bond acceptors (Lipinski definition) is 3. The van der Waals surface area contributed by atoms with Crippen molar-refractivity contribution >= 4 is 21.4 Å². The van der Waals surface area contributed by atoms with Gasteiger partial charge in [0.15, 0.2) is 9.84 Å². The summed E-state index contributed by atoms with van der Waals surface area (Å²) in [5.74, 6) is 0.505. The van der Waals surface area contributed by atoms with Crippen LogP contribution in [0.1, 0.15) is 25.7 Å². The maximum absolute atomic E-state index is 12.1. The SMILES string of the molecule is NC1CCCC1CCS(=O)(=O)c1cccc(Cl)c1. The molecule has 1 aromatic carbocycles. The number of hydrogen-bond donors (Lipinski definition) is 1. The van der Waals surface area contributed by atoms with Crippen LogP contribution in [0.15, 0.2) is 29.2 Å². The first-order valence-electron chi connectivity index (χ1n) is 6.23. The monoisotopic (exact) mass is 287 g/mol. The molecule has 0 radical (unpaired) electrons. The van der Waals surface area contributed by atoms with E-state index in [0.717, 1.165) is 19.3 Å². The molecule has 3 nitrogen and oxygen atoms in total. The molecule has 2 atom stereocenters. The van der Waals surface area contributed by atoms with Gasteiger partial charge in [-0.05, 0) is 43.4 Å². The zero-order valence-electron chi connectivity index (χ0n) is 10.2. The Balaban J connectivity index is 2.03. The maximum atomic E-state index is 12.1. The van der Waals surface area contributed by atoms with Crippen LogP contribution < -0.4 is 5.73 Å². The normalized spacial score (nSPS) is 24.3. The molecule has 0 amide bonds. The van der Waals surface area contributed by atoms with Crippen molar-refractivity contribution in [2.45, 2.75) is 36.6 Å². The molecule has 1 saturated carbocycles. The summed E-state index contributed by atoms with van der Waals surface area (Å²) in [4.78, 5) is 0.307. The lowest BCUT2D eigenvalue weighted by atomic mass is 10.0. The summed E-state index contributed by atoms with van der Waals surface area (Å²) in [5.41, 5.74) is 5.96. The van der Waals surface area contributed by atoms with E-state index in [9.17, 15) is 8.42 Å². The predicted octanol–water partition coefficient (Wildman–Crippen LogP) is 2.63. The molecule has 2 rings (SSSR count). The summed E-state index contributed by atoms with van der Waals surface area (Å²) in [6.07, 6.45) is 3.83. The van der Waals surface area contributed by atoms with Gasteiger partial charge in [-0.3, -0.25) is 0 Å². The molecular formula is C13H18ClNO2S. The van der Waals surface area contributed by atoms with Gasteiger partial charge in [0, 0.05) is 11.1 Å². The minimum Gasteiger partial charge on any atom is -0.327 e. The summed E-state index contributed by atoms with van der Waals surface area (Å²) < 4.78 is 24.3. The number of halogens is 1. The average Bonchev–Trinajstić information content (AvgIpc) is 2.72. The second kappa shape index (κ2) is 5.59. The lowest BCUT2D eigenvalue weighted by molar-refractivity contribution is 0.464. The smallest absolute Gasteiger partial charge is 0.178 e. The first kappa shape index (κ1) is 13.8. The van der Waals surface area contributed by atoms with E-state index in [0.29, 0.717) is 22.3 Å². The van der Waals surface area contributed by atoms with Crippen molar-refractivity contribution in [2.24, 2.45) is 11.7 Å². The molecule has 1 aliphatic rings. The number of nitrogens with two attached hydrogens (primary N) is 1. The third-order valence-electron chi connectivity index (χ3n) is 3.63. The average molecular weight is 288 g/mol. The van der Waals surface area contributed by atoms with Gasteiger partial charge in [-0.1, -0.05) is 24.1 Å². The lowest BCUT2D eigenvalue weighted by Gasteiger charge is -2.15. The zero-order chi connectivity index (χ0) is 13.2. The minimum absolute atomic E-state index is 0.158. The molecule has 2 N–H and O–H groups in total. The second-order valence-electron chi connectivity index (χ2n) is 4.92. The van der Waals surface area contributed by atoms with Crippen LogP contribution in [0.2, 0.25) is 5.02 Å². The highest BCUT2D eigenvalue weighted by Crippen LogP contribution is 2.28. The molecule has 1 aromatic rings. The highest BCUT2D eigenvalue weighted by atomic mass is 35.5. The van der Waals surface area contributed by atoms with E-state index < -0.39 is 9.84 Å². The molecule has 0 heterocycles. The Morgan fingerprint density at radius 2 is 2.11 bits per heavy atom. The third kappa shape index (κ3) is 3.25. The Kier molecular flexibility index (Phi) is 4.30. The highest BCUT2D eigenvalue weighted by Gasteiger charge is 2.26. The molecule has 0 spiro atoms. The molecule has 0 saturated heterocycles. The zero-order valence-corrected chi connectivity index (χ0v) is 11.8. The van der Waals surface area contributed by atoms with Crippen LogP contribution >= 0.6 is 11.6 Å². The van der Waals surface area contributed by atoms with Crippen molar-refractivity contribution < 1.29 is 8.42 Å². The first-order valence-corrected chi connectivity index (χ1v) is 8.26. The quantitative estimate of drug-likeness (QED) is 0.926. The van der Waals surface area contributed by atoms with Crippen LogP contribution in [0.25, 0.3) is 0 Å². The Bertz CT molecular complexity index is 515. The van der Waals surface area contributed by atoms with Crippen molar-refractivity contribution in [3.63, 3.8) is 0 Å². The fraction of sp³-hybridized carbons (Fsp3) is 0.538. The van der Waals surface area contributed by atoms with Crippen molar-refractivity contribution in [1.82, 2.24) is 0 Å². The van der Waals surface area contributed by atoms with Crippen molar-refractivity contribution in [2.75, 3.05) is 5.75 Å². The van der Waals surface area contributed by atoms with E-state index >= 15 is 0 Å². The summed E-state index contributed by atoms with van der Waals surface area (Å²) in [6.45, 7) is 0. The molecule has 0 aromatic heterocycles. The lowest BCUT2D eigenvalue weighted by Crippen LogP contribution is -2.26. The highest BCUT2D eigenvalue weighted by molar-refractivity contribution is 7.91. The molecule has 100 valence electrons. The fourth-order valence-electron chi connectivity index (χ4n) is 2.51. The Hall–Kier alpha value is -0.580. The van der Waals surface area contributed by atoms with Gasteiger partial charge in [-0.2, -0.15) is 0 Å². The largest absolute Gasteiger partial charge is 0.327 e. The number of benzene rings is 1. The standard InChI is InChI=1S/C13H18ClNO2S/c14-11-4-2-5-12(9-11)18(16,17)8-7-10-3-1-6-13(10)15/h2,4-5,9-10,13H,1,3,6-8,15H2. The summed E-state index contributed by atoms with van der Waals surface area (Å²) in [6, 6.07) is 6.60. The molecule has 5 heteroatoms. The Morgan fingerprint density at radius 1 is 1.33 bits per heavy atom. The van der Waals surface area contributed by atoms with E-state index in [1.54, 1.807) is 18.2 Å². The molecule has 2 unspecified atom stereocenters. The predicted molar refractivity (Wildman–Crippen MR) is 73.4 cm³/mol. The van der Waals surface area contributed by atoms with Crippen LogP contribution in [0, 0.1) is 5.92 Å². The summed E-state index contributed by atoms with van der Waals surface area (Å²) >= 11 is 5.82. The van der Waals surface area contributed by atoms with Gasteiger partial charge in [-0.15, -0.1) is 0 Å². The van der Waals surface area contributed by atoms with E-state index in [4.69, 9.17) is 17.3 Å². The topological polar surface area (TPSA) is 60.2 Å². The van der Waals surface area contributed by atoms with Crippen LogP contribution in [0.4, 0.5) is 0 Å². The van der Waals surface area contributed by atoms with Gasteiger partial charge in [0.1, 0.15) is 0 Å². The van der Waals surface area contributed by atoms with Crippen molar-refractivity contribution in [3.05, 3.63) is 29.3 Å². The molecule has 18 heavy (non-hydrogen) atoms. The molecular weight excluding hydrogens is 270 g/mol. The Morgan fingerprint density at radius 3 is 2.72 bits per heavy atom. The third-order valence-corrected chi connectivity index (χ3v) is 5.61. The van der Waals surface area contributed by atoms with E-state index in [1.807, 2.05) is 0 Å². The van der Waals surface area contributed by atoms with Crippen LogP contribution in [-0.2, 0) is 9.84 Å². The van der Waals surface area contributed by atoms with Crippen LogP contribution in [-0.4, -0.2) is 20.2 Å². The van der Waals surface area contributed by atoms with E-state index in [-0.39, 0.29) is 11.8 Å². The Labute approximate surface area is 113 Å². The van der Waals surface area contributed by atoms with E-state index in [2.05, 4.69) is 0 Å².